The molecule has 1 aliphatic heterocycles. The highest BCUT2D eigenvalue weighted by Gasteiger charge is 2.58. The molecule has 6 aromatic rings. The Morgan fingerprint density at radius 2 is 1.63 bits per heavy atom. The number of hydrogen-bond donors (Lipinski definition) is 0. The number of hydrogen-bond acceptors (Lipinski definition) is 3. The van der Waals surface area contributed by atoms with Gasteiger partial charge in [-0.15, -0.1) is 0 Å². The number of aromatic nitrogens is 3. The summed E-state index contributed by atoms with van der Waals surface area (Å²) in [5, 5.41) is 1.08. The highest BCUT2D eigenvalue weighted by Crippen LogP contribution is 2.55. The summed E-state index contributed by atoms with van der Waals surface area (Å²) >= 11 is 0. The molecule has 0 fully saturated rings. The third-order valence-corrected chi connectivity index (χ3v) is 14.9. The van der Waals surface area contributed by atoms with Crippen LogP contribution in [0.15, 0.2) is 73.0 Å². The first-order valence-corrected chi connectivity index (χ1v) is 23.7. The van der Waals surface area contributed by atoms with E-state index in [0.717, 1.165) is 119 Å². The number of nitrogens with zero attached hydrogens (tertiary/aromatic N) is 3. The van der Waals surface area contributed by atoms with E-state index in [1.54, 1.807) is 7.11 Å². The molecule has 3 heterocycles. The van der Waals surface area contributed by atoms with Crippen LogP contribution in [0.2, 0.25) is 0 Å². The monoisotopic (exact) mass is 851 g/mol. The average molecular weight is 851 g/mol. The van der Waals surface area contributed by atoms with Crippen molar-refractivity contribution in [3.63, 3.8) is 0 Å². The molecular weight excluding hydrogens is 778 g/mol. The Morgan fingerprint density at radius 1 is 0.921 bits per heavy atom. The predicted octanol–water partition coefficient (Wildman–Crippen LogP) is 14.4. The van der Waals surface area contributed by atoms with Crippen molar-refractivity contribution in [2.24, 2.45) is 0 Å². The number of unbranched alkanes of at least 4 members (excludes halogenated alkanes) is 1. The van der Waals surface area contributed by atoms with E-state index in [9.17, 15) is 0 Å². The highest BCUT2D eigenvalue weighted by atomic mass is 19.1. The summed E-state index contributed by atoms with van der Waals surface area (Å²) in [4.78, 5) is 5.74. The molecule has 0 aliphatic carbocycles. The van der Waals surface area contributed by atoms with Gasteiger partial charge >= 0.3 is 0 Å². The Bertz CT molecular complexity index is 2720. The molecule has 0 N–H and O–H groups in total. The van der Waals surface area contributed by atoms with Gasteiger partial charge in [-0.3, -0.25) is 0 Å². The minimum atomic E-state index is -0.442. The summed E-state index contributed by atoms with van der Waals surface area (Å²) in [6.07, 6.45) is 12.1. The zero-order chi connectivity index (χ0) is 45.6. The number of methoxy groups -OCH3 is 1. The van der Waals surface area contributed by atoms with Gasteiger partial charge < -0.3 is 9.47 Å². The summed E-state index contributed by atoms with van der Waals surface area (Å²) in [7, 11) is 1.74. The molecule has 334 valence electrons. The van der Waals surface area contributed by atoms with E-state index in [-0.39, 0.29) is 17.3 Å². The first-order chi connectivity index (χ1) is 30.0. The third kappa shape index (κ3) is 7.93. The fourth-order valence-corrected chi connectivity index (χ4v) is 10.9. The summed E-state index contributed by atoms with van der Waals surface area (Å²) in [5.74, 6) is 1.71. The van der Waals surface area contributed by atoms with Gasteiger partial charge in [0.2, 0.25) is 5.82 Å². The normalized spacial score (nSPS) is 18.3. The molecule has 5 nitrogen and oxygen atoms in total. The van der Waals surface area contributed by atoms with Crippen LogP contribution in [0.3, 0.4) is 0 Å². The first-order valence-electron chi connectivity index (χ1n) is 23.7. The second kappa shape index (κ2) is 18.0. The SMILES string of the molecule is C=Cc1ccc(CCC(=CC(C)OC)OCCCC2(CC)c3cc(F)c(-c4c(C)ccc(CCCC)c4C)c4nc(C(C)(C)C)n5c6cc(C)c(C)cc6[n+](c5c34)C2(C)CC)cc1. The summed E-state index contributed by atoms with van der Waals surface area (Å²) in [5.41, 5.74) is 14.2. The fourth-order valence-electron chi connectivity index (χ4n) is 10.9. The number of rotatable bonds is 17. The van der Waals surface area contributed by atoms with Crippen LogP contribution in [0.25, 0.3) is 44.8 Å². The molecule has 4 aromatic carbocycles. The number of fused-ring (bicyclic) bond motifs is 3. The Hall–Kier alpha value is -4.81. The van der Waals surface area contributed by atoms with Crippen LogP contribution in [0.5, 0.6) is 0 Å². The van der Waals surface area contributed by atoms with Crippen molar-refractivity contribution in [3.8, 4) is 11.1 Å². The average Bonchev–Trinajstić information content (AvgIpc) is 3.58. The van der Waals surface area contributed by atoms with Crippen molar-refractivity contribution < 1.29 is 18.4 Å². The van der Waals surface area contributed by atoms with E-state index in [0.29, 0.717) is 12.2 Å². The highest BCUT2D eigenvalue weighted by molar-refractivity contribution is 6.06. The van der Waals surface area contributed by atoms with Gasteiger partial charge in [-0.05, 0) is 161 Å². The van der Waals surface area contributed by atoms with E-state index in [4.69, 9.17) is 14.5 Å². The van der Waals surface area contributed by atoms with Crippen LogP contribution in [0.4, 0.5) is 4.39 Å². The zero-order valence-corrected chi connectivity index (χ0v) is 40.7. The van der Waals surface area contributed by atoms with Crippen molar-refractivity contribution in [2.45, 2.75) is 163 Å². The lowest BCUT2D eigenvalue weighted by atomic mass is 9.58. The van der Waals surface area contributed by atoms with Crippen LogP contribution in [-0.4, -0.2) is 29.2 Å². The van der Waals surface area contributed by atoms with Gasteiger partial charge in [-0.2, -0.15) is 4.40 Å². The number of allylic oxidation sites excluding steroid dienone is 1. The van der Waals surface area contributed by atoms with Crippen molar-refractivity contribution in [2.75, 3.05) is 13.7 Å². The van der Waals surface area contributed by atoms with Crippen LogP contribution < -0.4 is 4.57 Å². The summed E-state index contributed by atoms with van der Waals surface area (Å²) in [6, 6.07) is 19.7. The van der Waals surface area contributed by atoms with Gasteiger partial charge in [-0.1, -0.05) is 97.0 Å². The molecule has 0 spiro atoms. The molecule has 7 rings (SSSR count). The molecule has 0 saturated carbocycles. The van der Waals surface area contributed by atoms with Gasteiger partial charge in [0.15, 0.2) is 11.0 Å². The number of benzene rings is 4. The molecule has 0 amide bonds. The summed E-state index contributed by atoms with van der Waals surface area (Å²) in [6.45, 7) is 31.3. The molecule has 3 atom stereocenters. The van der Waals surface area contributed by atoms with Crippen molar-refractivity contribution in [1.29, 1.82) is 0 Å². The predicted molar refractivity (Wildman–Crippen MR) is 263 cm³/mol. The van der Waals surface area contributed by atoms with Crippen LogP contribution in [-0.2, 0) is 38.7 Å². The lowest BCUT2D eigenvalue weighted by Crippen LogP contribution is -2.67. The van der Waals surface area contributed by atoms with E-state index >= 15 is 4.39 Å². The Balaban J connectivity index is 1.45. The van der Waals surface area contributed by atoms with Gasteiger partial charge in [0, 0.05) is 29.9 Å². The van der Waals surface area contributed by atoms with Gasteiger partial charge in [0.1, 0.15) is 11.4 Å². The van der Waals surface area contributed by atoms with Gasteiger partial charge in [0.25, 0.3) is 5.65 Å². The van der Waals surface area contributed by atoms with Crippen LogP contribution in [0, 0.1) is 33.5 Å². The number of aryl methyl sites for hydroxylation is 5. The first kappa shape index (κ1) is 46.2. The smallest absolute Gasteiger partial charge is 0.299 e. The molecule has 63 heavy (non-hydrogen) atoms. The maximum absolute atomic E-state index is 18.0. The molecule has 6 heteroatoms. The number of ether oxygens (including phenoxy) is 2. The number of imidazole rings is 1. The van der Waals surface area contributed by atoms with Crippen LogP contribution in [0.1, 0.15) is 151 Å². The molecule has 1 aliphatic rings. The zero-order valence-electron chi connectivity index (χ0n) is 40.7. The standard InChI is InChI=1S/C57H73FN3O2/c1-15-19-21-43-28-22-36(5)49(40(43)9)51-46(58)35-45-50-52(51)59-54(55(10,11)12)60-47-32-37(6)38(7)33-48(47)61(53(50)60)56(13,17-3)57(45,18-4)30-20-31-63-44(34-39(8)62-14)29-27-42-25-23-41(16-2)24-26-42/h16,22-26,28,32-35,39H,2,15,17-21,27,29-31H2,1,3-14H3/q+1. The van der Waals surface area contributed by atoms with Gasteiger partial charge in [-0.25, -0.2) is 13.9 Å². The van der Waals surface area contributed by atoms with Crippen molar-refractivity contribution >= 4 is 33.7 Å². The van der Waals surface area contributed by atoms with E-state index in [1.807, 2.05) is 12.1 Å². The fraction of sp³-hybridized carbons (Fsp3) is 0.474. The minimum Gasteiger partial charge on any atom is -0.498 e. The third-order valence-electron chi connectivity index (χ3n) is 14.9. The quantitative estimate of drug-likeness (QED) is 0.0521. The molecule has 0 saturated heterocycles. The maximum atomic E-state index is 18.0. The van der Waals surface area contributed by atoms with E-state index in [1.165, 1.54) is 27.8 Å². The van der Waals surface area contributed by atoms with E-state index < -0.39 is 11.0 Å². The van der Waals surface area contributed by atoms with Crippen molar-refractivity contribution in [1.82, 2.24) is 9.38 Å². The molecule has 3 unspecified atom stereocenters. The lowest BCUT2D eigenvalue weighted by molar-refractivity contribution is -0.729. The molecule has 0 bridgehead atoms. The largest absolute Gasteiger partial charge is 0.498 e. The lowest BCUT2D eigenvalue weighted by Gasteiger charge is -2.49. The number of halogens is 1. The Labute approximate surface area is 377 Å². The molecule has 2 aromatic heterocycles. The second-order valence-electron chi connectivity index (χ2n) is 19.8. The topological polar surface area (TPSA) is 39.6 Å². The Morgan fingerprint density at radius 3 is 2.27 bits per heavy atom. The van der Waals surface area contributed by atoms with Crippen LogP contribution >= 0.6 is 0 Å². The van der Waals surface area contributed by atoms with Crippen molar-refractivity contribution in [3.05, 3.63) is 129 Å². The van der Waals surface area contributed by atoms with E-state index in [2.05, 4.69) is 153 Å². The Kier molecular flexibility index (Phi) is 13.2. The molecule has 0 radical (unpaired) electrons. The maximum Gasteiger partial charge on any atom is 0.299 e. The summed E-state index contributed by atoms with van der Waals surface area (Å²) < 4.78 is 35.5. The second-order valence-corrected chi connectivity index (χ2v) is 19.8. The minimum absolute atomic E-state index is 0.0720. The molecular formula is C57H73FN3O2+. The van der Waals surface area contributed by atoms with Gasteiger partial charge in [0.05, 0.1) is 29.4 Å².